The van der Waals surface area contributed by atoms with Gasteiger partial charge in [0.1, 0.15) is 17.8 Å². The minimum absolute atomic E-state index is 0.00164. The number of aromatic nitrogens is 1. The molecule has 2 aliphatic rings. The third-order valence-electron chi connectivity index (χ3n) is 5.68. The Hall–Kier alpha value is -3.88. The van der Waals surface area contributed by atoms with Gasteiger partial charge >= 0.3 is 5.97 Å². The van der Waals surface area contributed by atoms with Gasteiger partial charge in [0.25, 0.3) is 5.91 Å². The van der Waals surface area contributed by atoms with E-state index in [1.54, 1.807) is 24.3 Å². The molecule has 2 heterocycles. The fourth-order valence-electron chi connectivity index (χ4n) is 4.06. The third-order valence-corrected chi connectivity index (χ3v) is 5.68. The molecule has 4 rings (SSSR count). The number of rotatable bonds is 7. The molecule has 0 fully saturated rings. The van der Waals surface area contributed by atoms with Gasteiger partial charge in [0.05, 0.1) is 17.2 Å². The van der Waals surface area contributed by atoms with Crippen LogP contribution in [0.4, 0.5) is 14.6 Å². The Labute approximate surface area is 188 Å². The lowest BCUT2D eigenvalue weighted by Crippen LogP contribution is -2.36. The summed E-state index contributed by atoms with van der Waals surface area (Å²) in [6.45, 7) is 0.164. The van der Waals surface area contributed by atoms with E-state index in [2.05, 4.69) is 10.3 Å². The highest BCUT2D eigenvalue weighted by molar-refractivity contribution is 6.00. The number of carbonyl (C=O) groups excluding carboxylic acids is 2. The lowest BCUT2D eigenvalue weighted by molar-refractivity contribution is -0.128. The van der Waals surface area contributed by atoms with Crippen LogP contribution in [0.2, 0.25) is 0 Å². The smallest absolute Gasteiger partial charge is 0.337 e. The molecule has 9 heteroatoms. The molecule has 2 N–H and O–H groups in total. The number of hydrogen-bond acceptors (Lipinski definition) is 4. The second kappa shape index (κ2) is 9.32. The largest absolute Gasteiger partial charge is 0.478 e. The van der Waals surface area contributed by atoms with Crippen LogP contribution in [-0.2, 0) is 16.1 Å². The normalized spacial score (nSPS) is 19.6. The molecule has 1 aromatic heterocycles. The summed E-state index contributed by atoms with van der Waals surface area (Å²) < 4.78 is 27.8. The van der Waals surface area contributed by atoms with E-state index in [4.69, 9.17) is 5.11 Å². The molecular weight excluding hydrogens is 432 g/mol. The van der Waals surface area contributed by atoms with E-state index in [0.717, 1.165) is 6.20 Å². The number of aromatic carboxylic acids is 1. The molecule has 1 aliphatic heterocycles. The maximum absolute atomic E-state index is 14.6. The van der Waals surface area contributed by atoms with Crippen molar-refractivity contribution in [2.24, 2.45) is 0 Å². The number of alkyl halides is 1. The lowest BCUT2D eigenvalue weighted by Gasteiger charge is -2.26. The second-order valence-electron chi connectivity index (χ2n) is 7.87. The van der Waals surface area contributed by atoms with Crippen LogP contribution in [0.3, 0.4) is 0 Å². The number of amides is 2. The topological polar surface area (TPSA) is 99.6 Å². The summed E-state index contributed by atoms with van der Waals surface area (Å²) in [5, 5.41) is 11.5. The standard InChI is InChI=1S/C24H21F2N3O4/c25-16-7-4-14(5-8-16)13-29-19(17-2-1-3-18(26)22(17)23(29)31)9-11-21(30)28-20-10-6-15(12-27-20)24(32)33/h1-2,4-8,10,12,18-19H,3,9,11,13H2,(H,32,33)(H,27,28,30). The Kier molecular flexibility index (Phi) is 6.30. The van der Waals surface area contributed by atoms with Crippen LogP contribution in [0.25, 0.3) is 0 Å². The van der Waals surface area contributed by atoms with E-state index in [1.807, 2.05) is 0 Å². The Balaban J connectivity index is 1.48. The summed E-state index contributed by atoms with van der Waals surface area (Å²) in [6, 6.07) is 7.95. The molecule has 170 valence electrons. The third kappa shape index (κ3) is 4.82. The van der Waals surface area contributed by atoms with Crippen molar-refractivity contribution in [2.45, 2.75) is 38.0 Å². The van der Waals surface area contributed by atoms with E-state index >= 15 is 0 Å². The van der Waals surface area contributed by atoms with Crippen LogP contribution in [-0.4, -0.2) is 45.0 Å². The molecule has 0 spiro atoms. The zero-order valence-corrected chi connectivity index (χ0v) is 17.5. The molecular formula is C24H21F2N3O4. The molecule has 0 saturated carbocycles. The Morgan fingerprint density at radius 1 is 1.18 bits per heavy atom. The van der Waals surface area contributed by atoms with Crippen LogP contribution >= 0.6 is 0 Å². The monoisotopic (exact) mass is 453 g/mol. The summed E-state index contributed by atoms with van der Waals surface area (Å²) >= 11 is 0. The van der Waals surface area contributed by atoms with Gasteiger partial charge in [0, 0.05) is 25.6 Å². The highest BCUT2D eigenvalue weighted by Crippen LogP contribution is 2.37. The molecule has 33 heavy (non-hydrogen) atoms. The number of halogens is 2. The van der Waals surface area contributed by atoms with Crippen molar-refractivity contribution in [1.82, 2.24) is 9.88 Å². The van der Waals surface area contributed by atoms with Crippen molar-refractivity contribution in [3.63, 3.8) is 0 Å². The summed E-state index contributed by atoms with van der Waals surface area (Å²) in [5.41, 5.74) is 1.38. The van der Waals surface area contributed by atoms with E-state index in [0.29, 0.717) is 11.1 Å². The van der Waals surface area contributed by atoms with Crippen LogP contribution in [0.15, 0.2) is 65.9 Å². The van der Waals surface area contributed by atoms with Gasteiger partial charge in [0.2, 0.25) is 5.91 Å². The fourth-order valence-corrected chi connectivity index (χ4v) is 4.06. The summed E-state index contributed by atoms with van der Waals surface area (Å²) in [5.74, 6) is -2.10. The van der Waals surface area contributed by atoms with Gasteiger partial charge in [-0.25, -0.2) is 18.6 Å². The van der Waals surface area contributed by atoms with Crippen molar-refractivity contribution in [3.05, 3.63) is 82.8 Å². The van der Waals surface area contributed by atoms with Crippen molar-refractivity contribution in [1.29, 1.82) is 0 Å². The average molecular weight is 453 g/mol. The average Bonchev–Trinajstić information content (AvgIpc) is 3.06. The molecule has 1 aliphatic carbocycles. The number of benzene rings is 1. The molecule has 2 unspecified atom stereocenters. The molecule has 2 amide bonds. The number of hydrogen-bond donors (Lipinski definition) is 2. The maximum Gasteiger partial charge on any atom is 0.337 e. The van der Waals surface area contributed by atoms with Gasteiger partial charge in [0.15, 0.2) is 0 Å². The Morgan fingerprint density at radius 2 is 1.94 bits per heavy atom. The van der Waals surface area contributed by atoms with Gasteiger partial charge in [-0.15, -0.1) is 0 Å². The highest BCUT2D eigenvalue weighted by Gasteiger charge is 2.42. The second-order valence-corrected chi connectivity index (χ2v) is 7.87. The molecule has 0 saturated heterocycles. The number of nitrogens with one attached hydrogen (secondary N) is 1. The number of nitrogens with zero attached hydrogens (tertiary/aromatic N) is 2. The number of carbonyl (C=O) groups is 3. The van der Waals surface area contributed by atoms with Crippen LogP contribution < -0.4 is 5.32 Å². The minimum Gasteiger partial charge on any atom is -0.478 e. The van der Waals surface area contributed by atoms with Gasteiger partial charge < -0.3 is 15.3 Å². The van der Waals surface area contributed by atoms with Crippen molar-refractivity contribution in [2.75, 3.05) is 5.32 Å². The first-order chi connectivity index (χ1) is 15.8. The summed E-state index contributed by atoms with van der Waals surface area (Å²) in [6.07, 6.45) is 3.57. The molecule has 1 aromatic carbocycles. The van der Waals surface area contributed by atoms with E-state index in [-0.39, 0.29) is 48.7 Å². The number of carboxylic acids is 1. The van der Waals surface area contributed by atoms with Gasteiger partial charge in [-0.2, -0.15) is 0 Å². The Morgan fingerprint density at radius 3 is 2.61 bits per heavy atom. The van der Waals surface area contributed by atoms with Crippen molar-refractivity contribution in [3.8, 4) is 0 Å². The number of anilines is 1. The van der Waals surface area contributed by atoms with Gasteiger partial charge in [-0.1, -0.05) is 24.3 Å². The van der Waals surface area contributed by atoms with Crippen LogP contribution in [0.5, 0.6) is 0 Å². The first-order valence-electron chi connectivity index (χ1n) is 10.4. The number of pyridine rings is 1. The molecule has 2 atom stereocenters. The molecule has 0 radical (unpaired) electrons. The highest BCUT2D eigenvalue weighted by atomic mass is 19.1. The fraction of sp³-hybridized carbons (Fsp3) is 0.250. The van der Waals surface area contributed by atoms with Crippen molar-refractivity contribution >= 4 is 23.6 Å². The van der Waals surface area contributed by atoms with E-state index < -0.39 is 29.9 Å². The quantitative estimate of drug-likeness (QED) is 0.667. The Bertz CT molecular complexity index is 1140. The van der Waals surface area contributed by atoms with E-state index in [1.165, 1.54) is 29.2 Å². The first-order valence-corrected chi connectivity index (χ1v) is 10.4. The maximum atomic E-state index is 14.6. The number of carboxylic acid groups (broad SMARTS) is 1. The van der Waals surface area contributed by atoms with Gasteiger partial charge in [-0.3, -0.25) is 9.59 Å². The van der Waals surface area contributed by atoms with Crippen LogP contribution in [0, 0.1) is 5.82 Å². The SMILES string of the molecule is O=C(CCC1C2=C(C(=O)N1Cc1ccc(F)cc1)C(F)CC=C2)Nc1ccc(C(=O)O)cn1. The summed E-state index contributed by atoms with van der Waals surface area (Å²) in [4.78, 5) is 41.8. The summed E-state index contributed by atoms with van der Waals surface area (Å²) in [7, 11) is 0. The zero-order valence-electron chi connectivity index (χ0n) is 17.5. The van der Waals surface area contributed by atoms with Crippen molar-refractivity contribution < 1.29 is 28.3 Å². The first kappa shape index (κ1) is 22.3. The molecule has 0 bridgehead atoms. The number of allylic oxidation sites excluding steroid dienone is 1. The van der Waals surface area contributed by atoms with E-state index in [9.17, 15) is 23.2 Å². The predicted molar refractivity (Wildman–Crippen MR) is 115 cm³/mol. The lowest BCUT2D eigenvalue weighted by atomic mass is 9.92. The zero-order chi connectivity index (χ0) is 23.5. The van der Waals surface area contributed by atoms with Gasteiger partial charge in [-0.05, 0) is 41.8 Å². The van der Waals surface area contributed by atoms with Crippen LogP contribution in [0.1, 0.15) is 35.2 Å². The molecule has 7 nitrogen and oxygen atoms in total. The molecule has 2 aromatic rings. The predicted octanol–water partition coefficient (Wildman–Crippen LogP) is 3.64. The minimum atomic E-state index is -1.40.